The Labute approximate surface area is 153 Å². The Hall–Kier alpha value is -2.38. The van der Waals surface area contributed by atoms with Crippen LogP contribution in [-0.2, 0) is 9.59 Å². The molecule has 0 saturated carbocycles. The SMILES string of the molecule is O=C1CCC(C(=O)N2CCN(c3ccnc(N4CCCC4)n3)CC2)CN1. The molecule has 0 spiro atoms. The predicted octanol–water partition coefficient (Wildman–Crippen LogP) is 0.252. The number of anilines is 2. The molecule has 1 N–H and O–H groups in total. The van der Waals surface area contributed by atoms with Crippen molar-refractivity contribution in [2.24, 2.45) is 5.92 Å². The summed E-state index contributed by atoms with van der Waals surface area (Å²) in [6.45, 7) is 5.50. The van der Waals surface area contributed by atoms with Gasteiger partial charge in [0.15, 0.2) is 0 Å². The van der Waals surface area contributed by atoms with Crippen molar-refractivity contribution in [3.63, 3.8) is 0 Å². The van der Waals surface area contributed by atoms with Crippen LogP contribution in [0.2, 0.25) is 0 Å². The van der Waals surface area contributed by atoms with Gasteiger partial charge in [-0.2, -0.15) is 4.98 Å². The highest BCUT2D eigenvalue weighted by Crippen LogP contribution is 2.21. The van der Waals surface area contributed by atoms with E-state index in [4.69, 9.17) is 4.98 Å². The zero-order valence-corrected chi connectivity index (χ0v) is 15.1. The van der Waals surface area contributed by atoms with Gasteiger partial charge in [-0.25, -0.2) is 4.98 Å². The van der Waals surface area contributed by atoms with E-state index in [1.807, 2.05) is 17.2 Å². The van der Waals surface area contributed by atoms with Crippen molar-refractivity contribution in [3.05, 3.63) is 12.3 Å². The maximum atomic E-state index is 12.7. The summed E-state index contributed by atoms with van der Waals surface area (Å²) in [5, 5.41) is 2.80. The van der Waals surface area contributed by atoms with Gasteiger partial charge in [0.2, 0.25) is 17.8 Å². The first kappa shape index (κ1) is 17.1. The summed E-state index contributed by atoms with van der Waals surface area (Å²) in [6.07, 6.45) is 5.36. The largest absolute Gasteiger partial charge is 0.355 e. The fourth-order valence-corrected chi connectivity index (χ4v) is 3.94. The minimum absolute atomic E-state index is 0.0523. The number of hydrogen-bond donors (Lipinski definition) is 1. The van der Waals surface area contributed by atoms with E-state index in [-0.39, 0.29) is 17.7 Å². The molecule has 8 heteroatoms. The molecule has 3 fully saturated rings. The smallest absolute Gasteiger partial charge is 0.227 e. The van der Waals surface area contributed by atoms with Gasteiger partial charge in [-0.1, -0.05) is 0 Å². The van der Waals surface area contributed by atoms with Crippen LogP contribution < -0.4 is 15.1 Å². The Morgan fingerprint density at radius 1 is 1.08 bits per heavy atom. The molecule has 3 aliphatic heterocycles. The molecule has 1 aromatic heterocycles. The molecular formula is C18H26N6O2. The average Bonchev–Trinajstić information content (AvgIpc) is 3.23. The minimum Gasteiger partial charge on any atom is -0.355 e. The van der Waals surface area contributed by atoms with Crippen LogP contribution in [-0.4, -0.2) is 72.5 Å². The molecular weight excluding hydrogens is 332 g/mol. The first-order chi connectivity index (χ1) is 12.7. The summed E-state index contributed by atoms with van der Waals surface area (Å²) in [5.74, 6) is 1.91. The number of nitrogens with zero attached hydrogens (tertiary/aromatic N) is 5. The molecule has 8 nitrogen and oxygen atoms in total. The first-order valence-electron chi connectivity index (χ1n) is 9.59. The number of piperidine rings is 1. The normalized spacial score (nSPS) is 23.9. The fourth-order valence-electron chi connectivity index (χ4n) is 3.94. The van der Waals surface area contributed by atoms with Crippen molar-refractivity contribution in [2.75, 3.05) is 55.6 Å². The van der Waals surface area contributed by atoms with Gasteiger partial charge in [0.05, 0.1) is 5.92 Å². The molecule has 1 unspecified atom stereocenters. The maximum absolute atomic E-state index is 12.7. The van der Waals surface area contributed by atoms with Gasteiger partial charge in [0.25, 0.3) is 0 Å². The number of piperazine rings is 1. The van der Waals surface area contributed by atoms with E-state index in [1.54, 1.807) is 0 Å². The van der Waals surface area contributed by atoms with Crippen molar-refractivity contribution in [1.29, 1.82) is 0 Å². The number of nitrogens with one attached hydrogen (secondary N) is 1. The Morgan fingerprint density at radius 3 is 2.54 bits per heavy atom. The van der Waals surface area contributed by atoms with E-state index in [1.165, 1.54) is 12.8 Å². The highest BCUT2D eigenvalue weighted by molar-refractivity contribution is 5.84. The van der Waals surface area contributed by atoms with Crippen molar-refractivity contribution in [2.45, 2.75) is 25.7 Å². The van der Waals surface area contributed by atoms with Gasteiger partial charge in [-0.05, 0) is 25.3 Å². The molecule has 2 amide bonds. The van der Waals surface area contributed by atoms with E-state index in [0.29, 0.717) is 32.5 Å². The third kappa shape index (κ3) is 3.59. The molecule has 0 radical (unpaired) electrons. The molecule has 3 aliphatic rings. The summed E-state index contributed by atoms with van der Waals surface area (Å²) < 4.78 is 0. The van der Waals surface area contributed by atoms with Crippen molar-refractivity contribution in [1.82, 2.24) is 20.2 Å². The molecule has 4 rings (SSSR count). The second-order valence-electron chi connectivity index (χ2n) is 7.26. The zero-order chi connectivity index (χ0) is 17.9. The standard InChI is InChI=1S/C18H26N6O2/c25-16-4-3-14(13-20-16)17(26)23-11-9-22(10-12-23)15-5-6-19-18(21-15)24-7-1-2-8-24/h5-6,14H,1-4,7-13H2,(H,20,25). The first-order valence-corrected chi connectivity index (χ1v) is 9.59. The van der Waals surface area contributed by atoms with E-state index in [9.17, 15) is 9.59 Å². The summed E-state index contributed by atoms with van der Waals surface area (Å²) in [5.41, 5.74) is 0. The second kappa shape index (κ2) is 7.47. The Morgan fingerprint density at radius 2 is 1.85 bits per heavy atom. The molecule has 26 heavy (non-hydrogen) atoms. The molecule has 0 aromatic carbocycles. The predicted molar refractivity (Wildman–Crippen MR) is 98.0 cm³/mol. The van der Waals surface area contributed by atoms with Gasteiger partial charge >= 0.3 is 0 Å². The molecule has 4 heterocycles. The van der Waals surface area contributed by atoms with E-state index >= 15 is 0 Å². The third-order valence-corrected chi connectivity index (χ3v) is 5.55. The number of hydrogen-bond acceptors (Lipinski definition) is 6. The monoisotopic (exact) mass is 358 g/mol. The van der Waals surface area contributed by atoms with Crippen molar-refractivity contribution >= 4 is 23.6 Å². The number of amides is 2. The third-order valence-electron chi connectivity index (χ3n) is 5.55. The summed E-state index contributed by atoms with van der Waals surface area (Å²) in [4.78, 5) is 39.5. The van der Waals surface area contributed by atoms with Crippen LogP contribution in [0.25, 0.3) is 0 Å². The lowest BCUT2D eigenvalue weighted by Crippen LogP contribution is -2.52. The number of rotatable bonds is 3. The number of aromatic nitrogens is 2. The number of carbonyl (C=O) groups excluding carboxylic acids is 2. The second-order valence-corrected chi connectivity index (χ2v) is 7.26. The van der Waals surface area contributed by atoms with Crippen molar-refractivity contribution < 1.29 is 9.59 Å². The Kier molecular flexibility index (Phi) is 4.90. The summed E-state index contributed by atoms with van der Waals surface area (Å²) >= 11 is 0. The molecule has 140 valence electrons. The molecule has 1 atom stereocenters. The lowest BCUT2D eigenvalue weighted by atomic mass is 9.97. The van der Waals surface area contributed by atoms with Gasteiger partial charge in [0.1, 0.15) is 5.82 Å². The van der Waals surface area contributed by atoms with E-state index < -0.39 is 0 Å². The minimum atomic E-state index is -0.0694. The lowest BCUT2D eigenvalue weighted by molar-refractivity contribution is -0.137. The van der Waals surface area contributed by atoms with Gasteiger partial charge in [0, 0.05) is 58.4 Å². The Bertz CT molecular complexity index is 657. The van der Waals surface area contributed by atoms with E-state index in [0.717, 1.165) is 37.9 Å². The highest BCUT2D eigenvalue weighted by atomic mass is 16.2. The molecule has 0 aliphatic carbocycles. The molecule has 0 bridgehead atoms. The summed E-state index contributed by atoms with van der Waals surface area (Å²) in [7, 11) is 0. The van der Waals surface area contributed by atoms with Crippen LogP contribution in [0.1, 0.15) is 25.7 Å². The lowest BCUT2D eigenvalue weighted by Gasteiger charge is -2.37. The molecule has 3 saturated heterocycles. The highest BCUT2D eigenvalue weighted by Gasteiger charge is 2.30. The molecule has 1 aromatic rings. The van der Waals surface area contributed by atoms with Gasteiger partial charge in [-0.15, -0.1) is 0 Å². The maximum Gasteiger partial charge on any atom is 0.227 e. The van der Waals surface area contributed by atoms with Crippen molar-refractivity contribution in [3.8, 4) is 0 Å². The summed E-state index contributed by atoms with van der Waals surface area (Å²) in [6, 6.07) is 1.95. The number of carbonyl (C=O) groups is 2. The van der Waals surface area contributed by atoms with Gasteiger partial charge < -0.3 is 20.0 Å². The topological polar surface area (TPSA) is 81.7 Å². The Balaban J connectivity index is 1.34. The average molecular weight is 358 g/mol. The van der Waals surface area contributed by atoms with E-state index in [2.05, 4.69) is 20.1 Å². The van der Waals surface area contributed by atoms with Crippen LogP contribution in [0.5, 0.6) is 0 Å². The quantitative estimate of drug-likeness (QED) is 0.834. The van der Waals surface area contributed by atoms with Crippen LogP contribution in [0, 0.1) is 5.92 Å². The van der Waals surface area contributed by atoms with Gasteiger partial charge in [-0.3, -0.25) is 9.59 Å². The fraction of sp³-hybridized carbons (Fsp3) is 0.667. The van der Waals surface area contributed by atoms with Crippen LogP contribution in [0.4, 0.5) is 11.8 Å². The van der Waals surface area contributed by atoms with Crippen LogP contribution >= 0.6 is 0 Å². The van der Waals surface area contributed by atoms with Crippen LogP contribution in [0.15, 0.2) is 12.3 Å². The van der Waals surface area contributed by atoms with Crippen LogP contribution in [0.3, 0.4) is 0 Å². The zero-order valence-electron chi connectivity index (χ0n) is 15.1.